The highest BCUT2D eigenvalue weighted by Gasteiger charge is 2.46. The molecule has 3 aromatic carbocycles. The quantitative estimate of drug-likeness (QED) is 0.180. The number of piperazine rings is 1. The highest BCUT2D eigenvalue weighted by Crippen LogP contribution is 2.29. The number of aliphatic hydroxyl groups excluding tert-OH is 1. The van der Waals surface area contributed by atoms with Gasteiger partial charge in [0.25, 0.3) is 5.91 Å². The van der Waals surface area contributed by atoms with Crippen molar-refractivity contribution in [2.24, 2.45) is 5.92 Å². The number of ether oxygens (including phenoxy) is 1. The van der Waals surface area contributed by atoms with Crippen LogP contribution in [0.15, 0.2) is 66.7 Å². The zero-order valence-electron chi connectivity index (χ0n) is 31.0. The minimum absolute atomic E-state index is 0.0415. The highest BCUT2D eigenvalue weighted by molar-refractivity contribution is 6.01. The molecule has 1 aliphatic rings. The number of nitrogens with zero attached hydrogens (tertiary/aromatic N) is 3. The van der Waals surface area contributed by atoms with Crippen molar-refractivity contribution in [3.63, 3.8) is 0 Å². The van der Waals surface area contributed by atoms with Crippen molar-refractivity contribution >= 4 is 23.7 Å². The predicted molar refractivity (Wildman–Crippen MR) is 195 cm³/mol. The fourth-order valence-corrected chi connectivity index (χ4v) is 6.68. The van der Waals surface area contributed by atoms with Crippen LogP contribution >= 0.6 is 0 Å². The third kappa shape index (κ3) is 10.7. The fourth-order valence-electron chi connectivity index (χ4n) is 6.68. The maximum Gasteiger partial charge on any atom is 0.411 e. The van der Waals surface area contributed by atoms with Gasteiger partial charge in [-0.3, -0.25) is 19.3 Å². The molecule has 3 aromatic rings. The molecule has 0 radical (unpaired) electrons. The Hall–Kier alpha value is -4.64. The molecule has 0 aromatic heterocycles. The Bertz CT molecular complexity index is 1700. The average Bonchev–Trinajstić information content (AvgIpc) is 3.07. The molecule has 280 valence electrons. The van der Waals surface area contributed by atoms with Gasteiger partial charge in [-0.2, -0.15) is 0 Å². The second-order valence-electron chi connectivity index (χ2n) is 14.6. The Balaban J connectivity index is 1.73. The van der Waals surface area contributed by atoms with Crippen LogP contribution in [0.2, 0.25) is 0 Å². The largest absolute Gasteiger partial charge is 0.444 e. The van der Waals surface area contributed by atoms with E-state index in [-0.39, 0.29) is 49.5 Å². The van der Waals surface area contributed by atoms with Gasteiger partial charge in [-0.15, -0.1) is 0 Å². The van der Waals surface area contributed by atoms with Crippen molar-refractivity contribution < 1.29 is 37.8 Å². The number of amides is 3. The van der Waals surface area contributed by atoms with Crippen LogP contribution in [0.5, 0.6) is 0 Å². The maximum atomic E-state index is 14.4. The van der Waals surface area contributed by atoms with E-state index >= 15 is 0 Å². The van der Waals surface area contributed by atoms with E-state index in [0.717, 1.165) is 36.6 Å². The first-order chi connectivity index (χ1) is 24.6. The van der Waals surface area contributed by atoms with E-state index in [1.54, 1.807) is 49.6 Å². The normalized spacial score (nSPS) is 16.0. The Labute approximate surface area is 305 Å². The predicted octanol–water partition coefficient (Wildman–Crippen LogP) is 6.98. The van der Waals surface area contributed by atoms with Gasteiger partial charge >= 0.3 is 6.09 Å². The Morgan fingerprint density at radius 1 is 0.904 bits per heavy atom. The van der Waals surface area contributed by atoms with Gasteiger partial charge in [0.1, 0.15) is 23.3 Å². The number of hydrogen-bond acceptors (Lipinski definition) is 6. The van der Waals surface area contributed by atoms with Gasteiger partial charge in [-0.05, 0) is 99.9 Å². The molecule has 3 atom stereocenters. The number of rotatable bonds is 14. The molecule has 9 nitrogen and oxygen atoms in total. The minimum Gasteiger partial charge on any atom is -0.444 e. The molecule has 1 aliphatic heterocycles. The zero-order chi connectivity index (χ0) is 38.2. The van der Waals surface area contributed by atoms with Gasteiger partial charge in [0.2, 0.25) is 5.91 Å². The summed E-state index contributed by atoms with van der Waals surface area (Å²) in [6.45, 7) is 12.4. The summed E-state index contributed by atoms with van der Waals surface area (Å²) in [6, 6.07) is 15.7. The average molecular weight is 720 g/mol. The van der Waals surface area contributed by atoms with Crippen molar-refractivity contribution in [1.82, 2.24) is 14.7 Å². The Kier molecular flexibility index (Phi) is 13.7. The lowest BCUT2D eigenvalue weighted by Gasteiger charge is -2.44. The van der Waals surface area contributed by atoms with Crippen LogP contribution in [0.25, 0.3) is 0 Å². The molecule has 0 aliphatic carbocycles. The summed E-state index contributed by atoms with van der Waals surface area (Å²) in [5, 5.41) is 12.2. The van der Waals surface area contributed by atoms with Crippen LogP contribution in [0.3, 0.4) is 0 Å². The van der Waals surface area contributed by atoms with Crippen molar-refractivity contribution in [3.05, 3.63) is 106 Å². The lowest BCUT2D eigenvalue weighted by molar-refractivity contribution is -0.149. The van der Waals surface area contributed by atoms with Gasteiger partial charge in [0.05, 0.1) is 6.10 Å². The molecule has 1 unspecified atom stereocenters. The number of benzene rings is 3. The number of carbonyl (C=O) groups excluding carboxylic acids is 4. The van der Waals surface area contributed by atoms with Crippen molar-refractivity contribution in [1.29, 1.82) is 0 Å². The molecule has 0 bridgehead atoms. The number of aliphatic hydroxyl groups is 1. The van der Waals surface area contributed by atoms with Crippen LogP contribution in [-0.2, 0) is 22.5 Å². The molecule has 1 fully saturated rings. The molecule has 1 N–H and O–H groups in total. The molecule has 3 amide bonds. The monoisotopic (exact) mass is 719 g/mol. The molecule has 1 heterocycles. The van der Waals surface area contributed by atoms with Crippen molar-refractivity contribution in [2.75, 3.05) is 26.2 Å². The Morgan fingerprint density at radius 3 is 2.12 bits per heavy atom. The van der Waals surface area contributed by atoms with E-state index in [1.807, 2.05) is 44.2 Å². The molecular formula is C41H51F2N3O6. The van der Waals surface area contributed by atoms with E-state index < -0.39 is 53.1 Å². The van der Waals surface area contributed by atoms with Gasteiger partial charge in [-0.25, -0.2) is 13.6 Å². The smallest absolute Gasteiger partial charge is 0.411 e. The third-order valence-electron chi connectivity index (χ3n) is 8.95. The summed E-state index contributed by atoms with van der Waals surface area (Å²) in [5.74, 6) is -3.94. The lowest BCUT2D eigenvalue weighted by atomic mass is 9.83. The van der Waals surface area contributed by atoms with Crippen LogP contribution < -0.4 is 0 Å². The van der Waals surface area contributed by atoms with Crippen LogP contribution in [0.4, 0.5) is 13.6 Å². The highest BCUT2D eigenvalue weighted by atomic mass is 19.1. The minimum atomic E-state index is -1.65. The summed E-state index contributed by atoms with van der Waals surface area (Å²) in [7, 11) is 0. The fraction of sp³-hybridized carbons (Fsp3) is 0.463. The second kappa shape index (κ2) is 17.7. The topological polar surface area (TPSA) is 107 Å². The first-order valence-corrected chi connectivity index (χ1v) is 18.0. The summed E-state index contributed by atoms with van der Waals surface area (Å²) in [6.07, 6.45) is -1.46. The van der Waals surface area contributed by atoms with E-state index in [1.165, 1.54) is 11.0 Å². The van der Waals surface area contributed by atoms with E-state index in [9.17, 15) is 33.1 Å². The second-order valence-corrected chi connectivity index (χ2v) is 14.6. The van der Waals surface area contributed by atoms with E-state index in [2.05, 4.69) is 0 Å². The van der Waals surface area contributed by atoms with Gasteiger partial charge < -0.3 is 19.6 Å². The van der Waals surface area contributed by atoms with E-state index in [4.69, 9.17) is 4.74 Å². The molecule has 4 rings (SSSR count). The maximum absolute atomic E-state index is 14.4. The summed E-state index contributed by atoms with van der Waals surface area (Å²) in [5.41, 5.74) is 1.36. The summed E-state index contributed by atoms with van der Waals surface area (Å²) < 4.78 is 34.5. The summed E-state index contributed by atoms with van der Waals surface area (Å²) >= 11 is 0. The SMILES string of the molecule is CCCN(CCC)C(=O)c1cc(C)cc(C(=O)C[C@@H](Cc2cc(F)cc(F)c2)[C@H](O)C2C(=O)N(Cc3ccccc3)CCN2C(=O)OC(C)(C)C)c1. The molecule has 1 saturated heterocycles. The summed E-state index contributed by atoms with van der Waals surface area (Å²) in [4.78, 5) is 59.9. The van der Waals surface area contributed by atoms with Crippen molar-refractivity contribution in [2.45, 2.75) is 91.5 Å². The number of Topliss-reactive ketones (excluding diaryl/α,β-unsaturated/α-hetero) is 1. The molecular weight excluding hydrogens is 668 g/mol. The van der Waals surface area contributed by atoms with Crippen molar-refractivity contribution in [3.8, 4) is 0 Å². The number of halogens is 2. The number of hydrogen-bond donors (Lipinski definition) is 1. The van der Waals surface area contributed by atoms with E-state index in [0.29, 0.717) is 24.2 Å². The van der Waals surface area contributed by atoms with Crippen LogP contribution in [-0.4, -0.2) is 87.4 Å². The zero-order valence-corrected chi connectivity index (χ0v) is 31.0. The first kappa shape index (κ1) is 40.1. The molecule has 11 heteroatoms. The van der Waals surface area contributed by atoms with Gasteiger partial charge in [-0.1, -0.05) is 44.2 Å². The molecule has 0 saturated carbocycles. The van der Waals surface area contributed by atoms with Gasteiger partial charge in [0.15, 0.2) is 5.78 Å². The molecule has 0 spiro atoms. The van der Waals surface area contributed by atoms with Crippen LogP contribution in [0, 0.1) is 24.5 Å². The molecule has 52 heavy (non-hydrogen) atoms. The number of aryl methyl sites for hydroxylation is 1. The first-order valence-electron chi connectivity index (χ1n) is 18.0. The number of carbonyl (C=O) groups is 4. The van der Waals surface area contributed by atoms with Gasteiger partial charge in [0, 0.05) is 56.3 Å². The standard InChI is InChI=1S/C41H51F2N3O6/c1-7-14-44(15-8-2)38(49)32-19-27(3)18-30(23-32)35(47)24-31(20-29-21-33(42)25-34(43)22-29)37(48)36-39(50)45(26-28-12-10-9-11-13-28)16-17-46(36)40(51)52-41(4,5)6/h9-13,18-19,21-23,25,31,36-37,48H,7-8,14-17,20,24,26H2,1-6H3/t31-,36?,37+/m1/s1. The lowest BCUT2D eigenvalue weighted by Crippen LogP contribution is -2.64. The third-order valence-corrected chi connectivity index (χ3v) is 8.95. The van der Waals surface area contributed by atoms with Crippen LogP contribution in [0.1, 0.15) is 91.3 Å². The Morgan fingerprint density at radius 2 is 1.52 bits per heavy atom. The number of ketones is 1.